The molecule has 4 heteroatoms. The van der Waals surface area contributed by atoms with Crippen LogP contribution in [-0.2, 0) is 16.0 Å². The minimum atomic E-state index is -0.176. The first-order valence-electron chi connectivity index (χ1n) is 9.15. The van der Waals surface area contributed by atoms with Crippen molar-refractivity contribution >= 4 is 5.91 Å². The van der Waals surface area contributed by atoms with Crippen molar-refractivity contribution in [1.29, 1.82) is 0 Å². The molecule has 3 rings (SSSR count). The largest absolute Gasteiger partial charge is 0.375 e. The van der Waals surface area contributed by atoms with Gasteiger partial charge in [-0.3, -0.25) is 4.79 Å². The molecule has 0 saturated carbocycles. The molecule has 0 N–H and O–H groups in total. The summed E-state index contributed by atoms with van der Waals surface area (Å²) in [6.45, 7) is 6.33. The average molecular weight is 333 g/mol. The molecule has 2 fully saturated rings. The maximum atomic E-state index is 13.1. The summed E-state index contributed by atoms with van der Waals surface area (Å²) in [6.07, 6.45) is 4.97. The highest BCUT2D eigenvalue weighted by Gasteiger charge is 2.41. The van der Waals surface area contributed by atoms with Crippen molar-refractivity contribution in [2.24, 2.45) is 11.8 Å². The molecule has 0 aromatic heterocycles. The Labute approximate surface area is 144 Å². The maximum Gasteiger partial charge on any atom is 0.225 e. The zero-order valence-corrected chi connectivity index (χ0v) is 14.8. The van der Waals surface area contributed by atoms with Gasteiger partial charge >= 0.3 is 0 Å². The van der Waals surface area contributed by atoms with Gasteiger partial charge in [0.25, 0.3) is 0 Å². The number of ether oxygens (including phenoxy) is 1. The summed E-state index contributed by atoms with van der Waals surface area (Å²) in [7, 11) is 0. The van der Waals surface area contributed by atoms with Crippen LogP contribution in [0.3, 0.4) is 0 Å². The Morgan fingerprint density at radius 1 is 1.29 bits per heavy atom. The fourth-order valence-electron chi connectivity index (χ4n) is 4.11. The molecule has 1 spiro atoms. The highest BCUT2D eigenvalue weighted by molar-refractivity contribution is 5.78. The summed E-state index contributed by atoms with van der Waals surface area (Å²) in [6, 6.07) is 6.86. The van der Waals surface area contributed by atoms with E-state index in [9.17, 15) is 9.18 Å². The lowest BCUT2D eigenvalue weighted by Gasteiger charge is -2.46. The second kappa shape index (κ2) is 7.22. The van der Waals surface area contributed by atoms with Gasteiger partial charge in [0.15, 0.2) is 0 Å². The van der Waals surface area contributed by atoms with Gasteiger partial charge in [-0.15, -0.1) is 0 Å². The monoisotopic (exact) mass is 333 g/mol. The van der Waals surface area contributed by atoms with E-state index in [0.29, 0.717) is 5.92 Å². The molecule has 0 radical (unpaired) electrons. The van der Waals surface area contributed by atoms with Crippen molar-refractivity contribution in [3.8, 4) is 0 Å². The number of benzene rings is 1. The molecule has 132 valence electrons. The molecule has 2 aliphatic heterocycles. The van der Waals surface area contributed by atoms with Crippen LogP contribution in [0, 0.1) is 17.7 Å². The van der Waals surface area contributed by atoms with Gasteiger partial charge in [-0.25, -0.2) is 4.39 Å². The van der Waals surface area contributed by atoms with Crippen LogP contribution in [0.1, 0.15) is 45.1 Å². The van der Waals surface area contributed by atoms with Gasteiger partial charge in [-0.1, -0.05) is 26.0 Å². The van der Waals surface area contributed by atoms with Crippen LogP contribution < -0.4 is 0 Å². The maximum absolute atomic E-state index is 13.1. The number of hydrogen-bond acceptors (Lipinski definition) is 2. The molecule has 2 heterocycles. The third-order valence-corrected chi connectivity index (χ3v) is 5.51. The van der Waals surface area contributed by atoms with E-state index in [1.807, 2.05) is 30.9 Å². The van der Waals surface area contributed by atoms with Crippen LogP contribution in [0.2, 0.25) is 0 Å². The second-order valence-electron chi connectivity index (χ2n) is 7.70. The zero-order valence-electron chi connectivity index (χ0n) is 14.8. The van der Waals surface area contributed by atoms with E-state index in [-0.39, 0.29) is 23.2 Å². The van der Waals surface area contributed by atoms with E-state index in [1.54, 1.807) is 12.1 Å². The van der Waals surface area contributed by atoms with E-state index < -0.39 is 0 Å². The first-order chi connectivity index (χ1) is 11.5. The number of hydrogen-bond donors (Lipinski definition) is 0. The Morgan fingerprint density at radius 2 is 1.96 bits per heavy atom. The van der Waals surface area contributed by atoms with Crippen LogP contribution in [0.15, 0.2) is 24.3 Å². The number of nitrogens with zero attached hydrogens (tertiary/aromatic N) is 1. The fraction of sp³-hybridized carbons (Fsp3) is 0.650. The molecular formula is C20H28FNO2. The molecule has 2 saturated heterocycles. The van der Waals surface area contributed by atoms with Gasteiger partial charge in [0.2, 0.25) is 5.91 Å². The second-order valence-corrected chi connectivity index (χ2v) is 7.70. The van der Waals surface area contributed by atoms with Gasteiger partial charge in [-0.05, 0) is 55.7 Å². The lowest BCUT2D eigenvalue weighted by Crippen LogP contribution is -2.51. The van der Waals surface area contributed by atoms with E-state index >= 15 is 0 Å². The molecule has 3 nitrogen and oxygen atoms in total. The predicted octanol–water partition coefficient (Wildman–Crippen LogP) is 3.81. The van der Waals surface area contributed by atoms with E-state index in [1.165, 1.54) is 5.56 Å². The minimum Gasteiger partial charge on any atom is -0.375 e. The summed E-state index contributed by atoms with van der Waals surface area (Å²) in [5, 5.41) is 0. The highest BCUT2D eigenvalue weighted by Crippen LogP contribution is 2.39. The molecule has 1 unspecified atom stereocenters. The van der Waals surface area contributed by atoms with Gasteiger partial charge < -0.3 is 9.64 Å². The first-order valence-corrected chi connectivity index (χ1v) is 9.15. The van der Waals surface area contributed by atoms with Crippen molar-refractivity contribution in [1.82, 2.24) is 4.90 Å². The summed E-state index contributed by atoms with van der Waals surface area (Å²) in [5.74, 6) is 0.724. The number of halogens is 1. The lowest BCUT2D eigenvalue weighted by molar-refractivity contribution is -0.149. The Hall–Kier alpha value is -1.42. The van der Waals surface area contributed by atoms with E-state index in [2.05, 4.69) is 0 Å². The molecule has 2 aliphatic rings. The van der Waals surface area contributed by atoms with E-state index in [0.717, 1.165) is 51.8 Å². The quantitative estimate of drug-likeness (QED) is 0.842. The average Bonchev–Trinajstić information content (AvgIpc) is 2.57. The SMILES string of the molecule is CC(C)C(=O)N1CCC2(CC1)CC(Cc1ccc(F)cc1)CCO2. The molecule has 0 bridgehead atoms. The topological polar surface area (TPSA) is 29.5 Å². The molecule has 1 aromatic carbocycles. The van der Waals surface area contributed by atoms with Gasteiger partial charge in [0, 0.05) is 25.6 Å². The Morgan fingerprint density at radius 3 is 2.58 bits per heavy atom. The Kier molecular flexibility index (Phi) is 5.24. The lowest BCUT2D eigenvalue weighted by atomic mass is 9.77. The van der Waals surface area contributed by atoms with Crippen molar-refractivity contribution < 1.29 is 13.9 Å². The van der Waals surface area contributed by atoms with Crippen LogP contribution in [0.5, 0.6) is 0 Å². The van der Waals surface area contributed by atoms with Gasteiger partial charge in [-0.2, -0.15) is 0 Å². The van der Waals surface area contributed by atoms with Crippen molar-refractivity contribution in [3.05, 3.63) is 35.6 Å². The molecule has 0 aliphatic carbocycles. The first kappa shape index (κ1) is 17.4. The fourth-order valence-corrected chi connectivity index (χ4v) is 4.11. The smallest absolute Gasteiger partial charge is 0.225 e. The molecule has 1 atom stereocenters. The Bertz CT molecular complexity index is 562. The summed E-state index contributed by atoms with van der Waals surface area (Å²) in [5.41, 5.74) is 1.14. The van der Waals surface area contributed by atoms with E-state index in [4.69, 9.17) is 4.74 Å². The normalized spacial score (nSPS) is 23.7. The van der Waals surface area contributed by atoms with Crippen LogP contribution in [0.25, 0.3) is 0 Å². The molecule has 1 aromatic rings. The van der Waals surface area contributed by atoms with Crippen LogP contribution in [-0.4, -0.2) is 36.1 Å². The number of piperidine rings is 1. The standard InChI is InChI=1S/C20H28FNO2/c1-15(2)19(23)22-10-8-20(9-11-22)14-17(7-12-24-20)13-16-3-5-18(21)6-4-16/h3-6,15,17H,7-14H2,1-2H3. The number of carbonyl (C=O) groups is 1. The summed E-state index contributed by atoms with van der Waals surface area (Å²) in [4.78, 5) is 14.1. The zero-order chi connectivity index (χ0) is 17.2. The number of carbonyl (C=O) groups excluding carboxylic acids is 1. The third-order valence-electron chi connectivity index (χ3n) is 5.51. The van der Waals surface area contributed by atoms with Crippen molar-refractivity contribution in [2.75, 3.05) is 19.7 Å². The summed E-state index contributed by atoms with van der Waals surface area (Å²) < 4.78 is 19.2. The number of amides is 1. The van der Waals surface area contributed by atoms with Gasteiger partial charge in [0.1, 0.15) is 5.82 Å². The molecular weight excluding hydrogens is 305 g/mol. The Balaban J connectivity index is 1.57. The van der Waals surface area contributed by atoms with Gasteiger partial charge in [0.05, 0.1) is 5.60 Å². The predicted molar refractivity (Wildman–Crippen MR) is 92.2 cm³/mol. The highest BCUT2D eigenvalue weighted by atomic mass is 19.1. The number of likely N-dealkylation sites (tertiary alicyclic amines) is 1. The third kappa shape index (κ3) is 3.97. The van der Waals surface area contributed by atoms with Crippen LogP contribution in [0.4, 0.5) is 4.39 Å². The molecule has 1 amide bonds. The minimum absolute atomic E-state index is 0.0588. The van der Waals surface area contributed by atoms with Crippen molar-refractivity contribution in [2.45, 2.75) is 51.6 Å². The summed E-state index contributed by atoms with van der Waals surface area (Å²) >= 11 is 0. The number of rotatable bonds is 3. The van der Waals surface area contributed by atoms with Crippen LogP contribution >= 0.6 is 0 Å². The molecule has 24 heavy (non-hydrogen) atoms. The van der Waals surface area contributed by atoms with Crippen molar-refractivity contribution in [3.63, 3.8) is 0 Å².